The number of aryl methyl sites for hydroxylation is 2. The number of halogens is 1. The maximum Gasteiger partial charge on any atom is 0.254 e. The van der Waals surface area contributed by atoms with E-state index in [2.05, 4.69) is 16.0 Å². The van der Waals surface area contributed by atoms with Crippen LogP contribution in [0.15, 0.2) is 47.3 Å². The van der Waals surface area contributed by atoms with Crippen molar-refractivity contribution in [1.82, 2.24) is 9.97 Å². The van der Waals surface area contributed by atoms with Gasteiger partial charge in [0.25, 0.3) is 5.56 Å². The fraction of sp³-hybridized carbons (Fsp3) is 0.227. The van der Waals surface area contributed by atoms with E-state index in [0.717, 1.165) is 6.42 Å². The van der Waals surface area contributed by atoms with Crippen molar-refractivity contribution in [3.05, 3.63) is 86.8 Å². The molecule has 0 bridgehead atoms. The predicted molar refractivity (Wildman–Crippen MR) is 103 cm³/mol. The highest BCUT2D eigenvalue weighted by molar-refractivity contribution is 5.70. The molecular formula is C22H20FN3O. The smallest absolute Gasteiger partial charge is 0.254 e. The van der Waals surface area contributed by atoms with E-state index >= 15 is 0 Å². The van der Waals surface area contributed by atoms with Crippen LogP contribution in [0, 0.1) is 24.1 Å². The fourth-order valence-corrected chi connectivity index (χ4v) is 3.11. The quantitative estimate of drug-likeness (QED) is 0.737. The molecule has 3 rings (SSSR count). The molecule has 2 aromatic carbocycles. The van der Waals surface area contributed by atoms with Crippen LogP contribution >= 0.6 is 0 Å². The highest BCUT2D eigenvalue weighted by atomic mass is 19.1. The van der Waals surface area contributed by atoms with Crippen LogP contribution in [0.25, 0.3) is 11.1 Å². The maximum absolute atomic E-state index is 14.7. The van der Waals surface area contributed by atoms with E-state index in [9.17, 15) is 14.4 Å². The predicted octanol–water partition coefficient (Wildman–Crippen LogP) is 4.30. The first-order chi connectivity index (χ1) is 13.0. The molecule has 3 aromatic rings. The largest absolute Gasteiger partial charge is 0.310 e. The van der Waals surface area contributed by atoms with Gasteiger partial charge < -0.3 is 4.98 Å². The highest BCUT2D eigenvalue weighted by Gasteiger charge is 2.13. The first-order valence-electron chi connectivity index (χ1n) is 8.90. The van der Waals surface area contributed by atoms with Crippen molar-refractivity contribution in [2.45, 2.75) is 33.1 Å². The van der Waals surface area contributed by atoms with Crippen molar-refractivity contribution in [3.8, 4) is 17.2 Å². The summed E-state index contributed by atoms with van der Waals surface area (Å²) < 4.78 is 14.7. The Morgan fingerprint density at radius 2 is 2.00 bits per heavy atom. The third-order valence-corrected chi connectivity index (χ3v) is 4.54. The average molecular weight is 361 g/mol. The molecule has 0 spiro atoms. The van der Waals surface area contributed by atoms with Gasteiger partial charge in [-0.1, -0.05) is 37.3 Å². The second-order valence-corrected chi connectivity index (χ2v) is 6.47. The third-order valence-electron chi connectivity index (χ3n) is 4.54. The molecule has 136 valence electrons. The number of nitriles is 1. The van der Waals surface area contributed by atoms with E-state index in [0.29, 0.717) is 45.8 Å². The van der Waals surface area contributed by atoms with Gasteiger partial charge in [-0.2, -0.15) is 5.26 Å². The van der Waals surface area contributed by atoms with E-state index in [1.165, 1.54) is 6.07 Å². The molecule has 0 atom stereocenters. The fourth-order valence-electron chi connectivity index (χ4n) is 3.11. The molecule has 1 N–H and O–H groups in total. The van der Waals surface area contributed by atoms with E-state index in [1.807, 2.05) is 13.0 Å². The zero-order chi connectivity index (χ0) is 19.4. The molecule has 1 heterocycles. The van der Waals surface area contributed by atoms with Crippen LogP contribution in [0.2, 0.25) is 0 Å². The highest BCUT2D eigenvalue weighted by Crippen LogP contribution is 2.26. The molecule has 0 aliphatic rings. The number of H-pyrrole nitrogens is 1. The topological polar surface area (TPSA) is 69.5 Å². The van der Waals surface area contributed by atoms with Gasteiger partial charge in [0, 0.05) is 24.1 Å². The summed E-state index contributed by atoms with van der Waals surface area (Å²) in [6.45, 7) is 3.80. The van der Waals surface area contributed by atoms with Gasteiger partial charge in [-0.25, -0.2) is 9.37 Å². The molecular weight excluding hydrogens is 341 g/mol. The molecule has 5 heteroatoms. The number of rotatable bonds is 5. The molecule has 0 radical (unpaired) electrons. The van der Waals surface area contributed by atoms with Crippen LogP contribution in [-0.4, -0.2) is 9.97 Å². The Morgan fingerprint density at radius 1 is 1.22 bits per heavy atom. The summed E-state index contributed by atoms with van der Waals surface area (Å²) in [6.07, 6.45) is 1.77. The van der Waals surface area contributed by atoms with Crippen molar-refractivity contribution < 1.29 is 4.39 Å². The summed E-state index contributed by atoms with van der Waals surface area (Å²) in [6, 6.07) is 14.1. The van der Waals surface area contributed by atoms with Crippen LogP contribution in [0.1, 0.15) is 41.6 Å². The Hall–Kier alpha value is -3.26. The average Bonchev–Trinajstić information content (AvgIpc) is 2.66. The lowest BCUT2D eigenvalue weighted by Gasteiger charge is -2.10. The number of nitrogens with zero attached hydrogens (tertiary/aromatic N) is 2. The Morgan fingerprint density at radius 3 is 2.67 bits per heavy atom. The van der Waals surface area contributed by atoms with Crippen molar-refractivity contribution in [2.75, 3.05) is 0 Å². The van der Waals surface area contributed by atoms with Crippen molar-refractivity contribution in [1.29, 1.82) is 5.26 Å². The van der Waals surface area contributed by atoms with Crippen molar-refractivity contribution >= 4 is 0 Å². The molecule has 0 aliphatic carbocycles. The van der Waals surface area contributed by atoms with E-state index < -0.39 is 5.82 Å². The van der Waals surface area contributed by atoms with Crippen LogP contribution in [0.4, 0.5) is 4.39 Å². The second kappa shape index (κ2) is 7.96. The number of hydrogen-bond donors (Lipinski definition) is 1. The Labute approximate surface area is 157 Å². The first kappa shape index (κ1) is 18.5. The van der Waals surface area contributed by atoms with Gasteiger partial charge in [0.1, 0.15) is 11.6 Å². The summed E-state index contributed by atoms with van der Waals surface area (Å²) in [4.78, 5) is 19.6. The van der Waals surface area contributed by atoms with Gasteiger partial charge in [0.2, 0.25) is 0 Å². The molecule has 27 heavy (non-hydrogen) atoms. The zero-order valence-electron chi connectivity index (χ0n) is 15.3. The lowest BCUT2D eigenvalue weighted by Crippen LogP contribution is -2.19. The molecule has 0 amide bonds. The number of aromatic amines is 1. The normalized spacial score (nSPS) is 10.6. The summed E-state index contributed by atoms with van der Waals surface area (Å²) >= 11 is 0. The minimum Gasteiger partial charge on any atom is -0.310 e. The monoisotopic (exact) mass is 361 g/mol. The summed E-state index contributed by atoms with van der Waals surface area (Å²) in [5, 5.41) is 9.23. The van der Waals surface area contributed by atoms with Crippen LogP contribution in [0.5, 0.6) is 0 Å². The maximum atomic E-state index is 14.7. The first-order valence-corrected chi connectivity index (χ1v) is 8.90. The number of hydrogen-bond acceptors (Lipinski definition) is 3. The van der Waals surface area contributed by atoms with Crippen molar-refractivity contribution in [3.63, 3.8) is 0 Å². The van der Waals surface area contributed by atoms with Gasteiger partial charge in [-0.05, 0) is 42.2 Å². The Bertz CT molecular complexity index is 1080. The second-order valence-electron chi connectivity index (χ2n) is 6.47. The standard InChI is InChI=1S/C22H20FN3O/c1-3-6-21-25-14(2)19(22(27)26-21)11-16-10-9-15(12-20(16)23)18-8-5-4-7-17(18)13-24/h4-5,7-10,12H,3,6,11H2,1-2H3,(H,25,26,27). The van der Waals surface area contributed by atoms with Crippen LogP contribution < -0.4 is 5.56 Å². The van der Waals surface area contributed by atoms with Crippen molar-refractivity contribution in [2.24, 2.45) is 0 Å². The van der Waals surface area contributed by atoms with E-state index in [1.54, 1.807) is 37.3 Å². The molecule has 0 unspecified atom stereocenters. The van der Waals surface area contributed by atoms with Gasteiger partial charge in [-0.15, -0.1) is 0 Å². The molecule has 0 saturated carbocycles. The van der Waals surface area contributed by atoms with E-state index in [4.69, 9.17) is 0 Å². The molecule has 4 nitrogen and oxygen atoms in total. The zero-order valence-corrected chi connectivity index (χ0v) is 15.3. The summed E-state index contributed by atoms with van der Waals surface area (Å²) in [5.74, 6) is 0.254. The van der Waals surface area contributed by atoms with Gasteiger partial charge in [-0.3, -0.25) is 4.79 Å². The number of aromatic nitrogens is 2. The van der Waals surface area contributed by atoms with E-state index in [-0.39, 0.29) is 12.0 Å². The van der Waals surface area contributed by atoms with Gasteiger partial charge >= 0.3 is 0 Å². The summed E-state index contributed by atoms with van der Waals surface area (Å²) in [7, 11) is 0. The minimum atomic E-state index is -0.406. The Balaban J connectivity index is 1.94. The SMILES string of the molecule is CCCc1nc(C)c(Cc2ccc(-c3ccccc3C#N)cc2F)c(=O)[nH]1. The third kappa shape index (κ3) is 3.95. The molecule has 0 saturated heterocycles. The number of benzene rings is 2. The molecule has 0 aliphatic heterocycles. The number of nitrogens with one attached hydrogen (secondary N) is 1. The lowest BCUT2D eigenvalue weighted by atomic mass is 9.97. The van der Waals surface area contributed by atoms with Gasteiger partial charge in [0.05, 0.1) is 11.6 Å². The van der Waals surface area contributed by atoms with Crippen LogP contribution in [-0.2, 0) is 12.8 Å². The Kier molecular flexibility index (Phi) is 5.46. The lowest BCUT2D eigenvalue weighted by molar-refractivity contribution is 0.613. The van der Waals surface area contributed by atoms with Gasteiger partial charge in [0.15, 0.2) is 0 Å². The molecule has 1 aromatic heterocycles. The summed E-state index contributed by atoms with van der Waals surface area (Å²) in [5.41, 5.74) is 3.11. The van der Waals surface area contributed by atoms with Crippen LogP contribution in [0.3, 0.4) is 0 Å². The molecule has 0 fully saturated rings. The minimum absolute atomic E-state index is 0.173.